The summed E-state index contributed by atoms with van der Waals surface area (Å²) in [7, 11) is -13.8. The van der Waals surface area contributed by atoms with E-state index in [9.17, 15) is 52.8 Å². The van der Waals surface area contributed by atoms with Gasteiger partial charge in [0, 0.05) is 11.8 Å². The molecule has 4 bridgehead atoms. The highest BCUT2D eigenvalue weighted by atomic mass is 32.3. The van der Waals surface area contributed by atoms with Crippen molar-refractivity contribution in [2.45, 2.75) is 62.6 Å². The fourth-order valence-corrected chi connectivity index (χ4v) is 8.35. The lowest BCUT2D eigenvalue weighted by atomic mass is 9.49. The number of ether oxygens (including phenoxy) is 1. The lowest BCUT2D eigenvalue weighted by molar-refractivity contribution is -0.178. The summed E-state index contributed by atoms with van der Waals surface area (Å²) in [6, 6.07) is 0. The van der Waals surface area contributed by atoms with E-state index in [2.05, 4.69) is 0 Å². The van der Waals surface area contributed by atoms with Crippen molar-refractivity contribution in [1.82, 2.24) is 0 Å². The molecule has 0 saturated heterocycles. The van der Waals surface area contributed by atoms with Crippen molar-refractivity contribution < 1.29 is 57.5 Å². The van der Waals surface area contributed by atoms with Crippen molar-refractivity contribution in [2.24, 2.45) is 23.2 Å². The zero-order valence-electron chi connectivity index (χ0n) is 16.5. The van der Waals surface area contributed by atoms with Crippen molar-refractivity contribution in [2.75, 3.05) is 0 Å². The largest absolute Gasteiger partial charge is 0.469 e. The predicted octanol–water partition coefficient (Wildman–Crippen LogP) is 3.06. The smallest absolute Gasteiger partial charge is 0.465 e. The monoisotopic (exact) mass is 513 g/mol. The maximum atomic E-state index is 12.9. The minimum absolute atomic E-state index is 0.0144. The van der Waals surface area contributed by atoms with Gasteiger partial charge in [-0.15, -0.1) is 6.42 Å². The highest BCUT2D eigenvalue weighted by Gasteiger charge is 2.59. The third-order valence-electron chi connectivity index (χ3n) is 6.40. The van der Waals surface area contributed by atoms with Crippen LogP contribution in [0.3, 0.4) is 0 Å². The van der Waals surface area contributed by atoms with Crippen LogP contribution in [-0.2, 0) is 34.0 Å². The summed E-state index contributed by atoms with van der Waals surface area (Å²) >= 11 is 0. The van der Waals surface area contributed by atoms with Crippen LogP contribution in [0.1, 0.15) is 45.4 Å². The number of carbonyl (C=O) groups excluding carboxylic acids is 2. The van der Waals surface area contributed by atoms with Gasteiger partial charge >= 0.3 is 17.0 Å². The highest BCUT2D eigenvalue weighted by molar-refractivity contribution is 8.13. The van der Waals surface area contributed by atoms with Gasteiger partial charge in [0.25, 0.3) is 0 Å². The van der Waals surface area contributed by atoms with Gasteiger partial charge in [-0.1, -0.05) is 4.58 Å². The van der Waals surface area contributed by atoms with Crippen LogP contribution in [0.15, 0.2) is 0 Å². The first kappa shape index (κ1) is 25.2. The molecule has 4 aliphatic rings. The summed E-state index contributed by atoms with van der Waals surface area (Å²) in [6.45, 7) is 0.807. The Morgan fingerprint density at radius 3 is 1.84 bits per heavy atom. The zero-order chi connectivity index (χ0) is 24.5. The molecule has 4 saturated carbocycles. The summed E-state index contributed by atoms with van der Waals surface area (Å²) in [5, 5.41) is 0. The van der Waals surface area contributed by atoms with Crippen molar-refractivity contribution in [3.63, 3.8) is 0 Å². The fourth-order valence-electron chi connectivity index (χ4n) is 5.20. The molecule has 15 heteroatoms. The lowest BCUT2D eigenvalue weighted by Gasteiger charge is -2.54. The number of halogens is 6. The van der Waals surface area contributed by atoms with Gasteiger partial charge in [0.15, 0.2) is 0 Å². The molecule has 7 nitrogen and oxygen atoms in total. The molecule has 0 N–H and O–H groups in total. The summed E-state index contributed by atoms with van der Waals surface area (Å²) in [5.74, 6) is -1.69. The van der Waals surface area contributed by atoms with E-state index in [4.69, 9.17) is 4.74 Å². The van der Waals surface area contributed by atoms with Gasteiger partial charge in [-0.3, -0.25) is 26.4 Å². The normalized spacial score (nSPS) is 31.8. The van der Waals surface area contributed by atoms with Crippen LogP contribution < -0.4 is 0 Å². The Morgan fingerprint density at radius 2 is 1.44 bits per heavy atom. The van der Waals surface area contributed by atoms with Crippen molar-refractivity contribution in [3.05, 3.63) is 4.58 Å². The van der Waals surface area contributed by atoms with Gasteiger partial charge < -0.3 is 4.74 Å². The van der Waals surface area contributed by atoms with Crippen LogP contribution in [0, 0.1) is 27.8 Å². The van der Waals surface area contributed by atoms with E-state index >= 15 is 0 Å². The van der Waals surface area contributed by atoms with Crippen LogP contribution in [0.4, 0.5) is 26.3 Å². The van der Waals surface area contributed by atoms with E-state index < -0.39 is 59.2 Å². The molecule has 0 heterocycles. The molecule has 0 aromatic carbocycles. The third-order valence-corrected chi connectivity index (χ3v) is 10.5. The molecule has 0 aromatic heterocycles. The van der Waals surface area contributed by atoms with Crippen LogP contribution in [0.25, 0.3) is 0 Å². The molecule has 0 spiro atoms. The molecule has 0 aliphatic heterocycles. The number of alkyl halides is 6. The van der Waals surface area contributed by atoms with Crippen molar-refractivity contribution in [1.29, 1.82) is 0 Å². The van der Waals surface area contributed by atoms with E-state index in [1.54, 1.807) is 0 Å². The van der Waals surface area contributed by atoms with E-state index in [1.807, 2.05) is 0 Å². The minimum Gasteiger partial charge on any atom is -0.465 e. The SMILES string of the molecule is CC(C[C-](S(=O)(=O)C(F)(F)F)S(=O)(=O)C(F)(F)F)OC(=O)C12CC3CC(C1)C(=O)C(C3)C2. The Labute approximate surface area is 179 Å². The first-order valence-corrected chi connectivity index (χ1v) is 12.5. The third kappa shape index (κ3) is 4.03. The maximum absolute atomic E-state index is 12.9. The molecule has 0 aromatic rings. The molecular weight excluding hydrogens is 494 g/mol. The maximum Gasteiger partial charge on any atom is 0.469 e. The minimum atomic E-state index is -6.89. The molecule has 0 amide bonds. The van der Waals surface area contributed by atoms with E-state index in [1.165, 1.54) is 0 Å². The second-order valence-corrected chi connectivity index (χ2v) is 12.9. The molecule has 4 aliphatic carbocycles. The summed E-state index contributed by atoms with van der Waals surface area (Å²) in [5.41, 5.74) is -13.8. The van der Waals surface area contributed by atoms with Crippen LogP contribution in [0.2, 0.25) is 0 Å². The Bertz CT molecular complexity index is 953. The average Bonchev–Trinajstić information content (AvgIpc) is 2.61. The van der Waals surface area contributed by atoms with E-state index in [0.29, 0.717) is 19.3 Å². The number of ketones is 1. The second kappa shape index (κ2) is 7.57. The summed E-state index contributed by atoms with van der Waals surface area (Å²) in [6.07, 6.45) is -1.99. The molecular formula is C17H19F6O7S2-. The Morgan fingerprint density at radius 1 is 1.00 bits per heavy atom. The van der Waals surface area contributed by atoms with Gasteiger partial charge in [-0.2, -0.15) is 26.3 Å². The number of hydrogen-bond donors (Lipinski definition) is 0. The van der Waals surface area contributed by atoms with Crippen LogP contribution >= 0.6 is 0 Å². The fraction of sp³-hybridized carbons (Fsp3) is 0.824. The van der Waals surface area contributed by atoms with Gasteiger partial charge in [-0.25, -0.2) is 0 Å². The molecule has 0 radical (unpaired) electrons. The number of Topliss-reactive ketones (excluding diaryl/α,β-unsaturated/α-hetero) is 1. The Balaban J connectivity index is 1.83. The summed E-state index contributed by atoms with van der Waals surface area (Å²) in [4.78, 5) is 25.0. The number of sulfone groups is 2. The molecule has 4 fully saturated rings. The van der Waals surface area contributed by atoms with Gasteiger partial charge in [0.05, 0.1) is 11.5 Å². The first-order valence-electron chi connectivity index (χ1n) is 9.55. The second-order valence-electron chi connectivity index (χ2n) is 8.72. The first-order chi connectivity index (χ1) is 14.3. The zero-order valence-corrected chi connectivity index (χ0v) is 18.1. The van der Waals surface area contributed by atoms with Crippen molar-refractivity contribution >= 4 is 31.4 Å². The van der Waals surface area contributed by atoms with Gasteiger partial charge in [0.2, 0.25) is 0 Å². The number of rotatable bonds is 6. The number of carbonyl (C=O) groups is 2. The highest BCUT2D eigenvalue weighted by Crippen LogP contribution is 2.59. The van der Waals surface area contributed by atoms with Crippen LogP contribution in [0.5, 0.6) is 0 Å². The Kier molecular flexibility index (Phi) is 5.97. The molecule has 3 unspecified atom stereocenters. The standard InChI is InChI=1S/C17H19F6O7S2/c1-8(2-12(31(26,27)16(18,19)20)32(28,29)17(21,22)23)30-14(25)15-5-9-3-10(6-15)13(24)11(4-9)7-15/h8-11H,2-7H2,1H3/q-1. The van der Waals surface area contributed by atoms with Gasteiger partial charge in [0.1, 0.15) is 25.5 Å². The summed E-state index contributed by atoms with van der Waals surface area (Å²) < 4.78 is 126. The van der Waals surface area contributed by atoms with Gasteiger partial charge in [-0.05, 0) is 44.9 Å². The average molecular weight is 513 g/mol. The molecule has 4 rings (SSSR count). The molecule has 32 heavy (non-hydrogen) atoms. The lowest BCUT2D eigenvalue weighted by Crippen LogP contribution is -2.55. The predicted molar refractivity (Wildman–Crippen MR) is 94.4 cm³/mol. The number of hydrogen-bond acceptors (Lipinski definition) is 7. The topological polar surface area (TPSA) is 112 Å². The number of esters is 1. The Hall–Kier alpha value is -1.38. The van der Waals surface area contributed by atoms with E-state index in [-0.39, 0.29) is 36.4 Å². The quantitative estimate of drug-likeness (QED) is 0.305. The van der Waals surface area contributed by atoms with E-state index in [0.717, 1.165) is 6.92 Å². The van der Waals surface area contributed by atoms with Crippen LogP contribution in [-0.4, -0.2) is 45.7 Å². The van der Waals surface area contributed by atoms with Crippen molar-refractivity contribution in [3.8, 4) is 0 Å². The molecule has 184 valence electrons. The molecule has 3 atom stereocenters.